The molecule has 0 fully saturated rings. The van der Waals surface area contributed by atoms with Crippen LogP contribution in [0.3, 0.4) is 0 Å². The summed E-state index contributed by atoms with van der Waals surface area (Å²) in [6.45, 7) is 4.39. The van der Waals surface area contributed by atoms with Crippen molar-refractivity contribution in [1.82, 2.24) is 0 Å². The van der Waals surface area contributed by atoms with E-state index in [1.54, 1.807) is 0 Å². The lowest BCUT2D eigenvalue weighted by molar-refractivity contribution is 0.0973. The molecular weight excluding hydrogens is 184 g/mol. The van der Waals surface area contributed by atoms with Crippen molar-refractivity contribution in [3.63, 3.8) is 0 Å². The molecule has 0 aliphatic carbocycles. The summed E-state index contributed by atoms with van der Waals surface area (Å²) < 4.78 is 0. The first-order chi connectivity index (χ1) is 7.27. The molecular formula is C14H20O. The van der Waals surface area contributed by atoms with E-state index in [-0.39, 0.29) is 5.78 Å². The summed E-state index contributed by atoms with van der Waals surface area (Å²) in [6.07, 6.45) is 4.08. The zero-order valence-corrected chi connectivity index (χ0v) is 9.70. The van der Waals surface area contributed by atoms with E-state index in [0.717, 1.165) is 12.0 Å². The molecule has 0 spiro atoms. The number of carbonyl (C=O) groups excluding carboxylic acids is 1. The van der Waals surface area contributed by atoms with E-state index >= 15 is 0 Å². The van der Waals surface area contributed by atoms with Crippen molar-refractivity contribution in [2.24, 2.45) is 5.92 Å². The van der Waals surface area contributed by atoms with Gasteiger partial charge < -0.3 is 0 Å². The van der Waals surface area contributed by atoms with Crippen LogP contribution in [0.4, 0.5) is 0 Å². The maximum atomic E-state index is 11.8. The SMILES string of the molecule is CCC(CC)CCC(=O)c1ccccc1. The Labute approximate surface area is 92.5 Å². The molecule has 82 valence electrons. The Morgan fingerprint density at radius 2 is 1.73 bits per heavy atom. The van der Waals surface area contributed by atoms with Crippen LogP contribution in [-0.2, 0) is 0 Å². The summed E-state index contributed by atoms with van der Waals surface area (Å²) in [5.74, 6) is 0.986. The summed E-state index contributed by atoms with van der Waals surface area (Å²) in [4.78, 5) is 11.8. The van der Waals surface area contributed by atoms with Crippen molar-refractivity contribution in [2.75, 3.05) is 0 Å². The molecule has 0 atom stereocenters. The molecule has 0 radical (unpaired) electrons. The molecule has 1 aromatic carbocycles. The highest BCUT2D eigenvalue weighted by molar-refractivity contribution is 5.95. The smallest absolute Gasteiger partial charge is 0.162 e. The van der Waals surface area contributed by atoms with Gasteiger partial charge >= 0.3 is 0 Å². The fourth-order valence-electron chi connectivity index (χ4n) is 1.80. The molecule has 0 N–H and O–H groups in total. The maximum absolute atomic E-state index is 11.8. The lowest BCUT2D eigenvalue weighted by Crippen LogP contribution is -2.04. The molecule has 0 saturated heterocycles. The molecule has 0 saturated carbocycles. The van der Waals surface area contributed by atoms with Crippen LogP contribution in [0, 0.1) is 5.92 Å². The van der Waals surface area contributed by atoms with Crippen molar-refractivity contribution in [3.05, 3.63) is 35.9 Å². The van der Waals surface area contributed by atoms with Crippen LogP contribution in [0.15, 0.2) is 30.3 Å². The van der Waals surface area contributed by atoms with Crippen LogP contribution in [0.25, 0.3) is 0 Å². The predicted molar refractivity (Wildman–Crippen MR) is 64.1 cm³/mol. The number of Topliss-reactive ketones (excluding diaryl/α,β-unsaturated/α-hetero) is 1. The van der Waals surface area contributed by atoms with Gasteiger partial charge in [-0.15, -0.1) is 0 Å². The molecule has 0 aliphatic heterocycles. The van der Waals surface area contributed by atoms with E-state index in [0.29, 0.717) is 12.3 Å². The maximum Gasteiger partial charge on any atom is 0.162 e. The Bertz CT molecular complexity index is 285. The van der Waals surface area contributed by atoms with E-state index in [1.807, 2.05) is 30.3 Å². The molecule has 1 heteroatoms. The van der Waals surface area contributed by atoms with Gasteiger partial charge in [0.1, 0.15) is 0 Å². The first-order valence-corrected chi connectivity index (χ1v) is 5.86. The molecule has 1 nitrogen and oxygen atoms in total. The zero-order chi connectivity index (χ0) is 11.1. The van der Waals surface area contributed by atoms with Crippen LogP contribution in [0.1, 0.15) is 49.9 Å². The molecule has 0 aliphatic rings. The van der Waals surface area contributed by atoms with E-state index in [4.69, 9.17) is 0 Å². The van der Waals surface area contributed by atoms with Gasteiger partial charge in [-0.05, 0) is 12.3 Å². The standard InChI is InChI=1S/C14H20O/c1-3-12(4-2)10-11-14(15)13-8-6-5-7-9-13/h5-9,12H,3-4,10-11H2,1-2H3. The van der Waals surface area contributed by atoms with Gasteiger partial charge in [-0.25, -0.2) is 0 Å². The average Bonchev–Trinajstić information content (AvgIpc) is 2.31. The van der Waals surface area contributed by atoms with Gasteiger partial charge in [-0.2, -0.15) is 0 Å². The summed E-state index contributed by atoms with van der Waals surface area (Å²) in [7, 11) is 0. The molecule has 1 aromatic rings. The molecule has 0 heterocycles. The van der Waals surface area contributed by atoms with Crippen molar-refractivity contribution in [1.29, 1.82) is 0 Å². The van der Waals surface area contributed by atoms with E-state index in [9.17, 15) is 4.79 Å². The second kappa shape index (κ2) is 6.39. The van der Waals surface area contributed by atoms with Crippen LogP contribution in [0.2, 0.25) is 0 Å². The van der Waals surface area contributed by atoms with Gasteiger partial charge in [0, 0.05) is 12.0 Å². The van der Waals surface area contributed by atoms with Crippen LogP contribution >= 0.6 is 0 Å². The van der Waals surface area contributed by atoms with Crippen LogP contribution < -0.4 is 0 Å². The first-order valence-electron chi connectivity index (χ1n) is 5.86. The van der Waals surface area contributed by atoms with E-state index in [2.05, 4.69) is 13.8 Å². The van der Waals surface area contributed by atoms with Gasteiger partial charge in [0.25, 0.3) is 0 Å². The number of benzene rings is 1. The third kappa shape index (κ3) is 3.86. The van der Waals surface area contributed by atoms with Crippen molar-refractivity contribution in [2.45, 2.75) is 39.5 Å². The van der Waals surface area contributed by atoms with E-state index < -0.39 is 0 Å². The summed E-state index contributed by atoms with van der Waals surface area (Å²) in [6, 6.07) is 9.58. The lowest BCUT2D eigenvalue weighted by Gasteiger charge is -2.10. The second-order valence-corrected chi connectivity index (χ2v) is 4.01. The third-order valence-electron chi connectivity index (χ3n) is 3.03. The van der Waals surface area contributed by atoms with Crippen molar-refractivity contribution < 1.29 is 4.79 Å². The Balaban J connectivity index is 2.43. The normalized spacial score (nSPS) is 10.6. The van der Waals surface area contributed by atoms with Crippen molar-refractivity contribution >= 4 is 5.78 Å². The van der Waals surface area contributed by atoms with Crippen LogP contribution in [-0.4, -0.2) is 5.78 Å². The summed E-state index contributed by atoms with van der Waals surface area (Å²) in [5.41, 5.74) is 0.850. The highest BCUT2D eigenvalue weighted by Gasteiger charge is 2.08. The largest absolute Gasteiger partial charge is 0.294 e. The topological polar surface area (TPSA) is 17.1 Å². The van der Waals surface area contributed by atoms with E-state index in [1.165, 1.54) is 12.8 Å². The highest BCUT2D eigenvalue weighted by atomic mass is 16.1. The monoisotopic (exact) mass is 204 g/mol. The minimum absolute atomic E-state index is 0.280. The van der Waals surface area contributed by atoms with Crippen LogP contribution in [0.5, 0.6) is 0 Å². The molecule has 0 unspecified atom stereocenters. The molecule has 0 amide bonds. The number of rotatable bonds is 6. The molecule has 15 heavy (non-hydrogen) atoms. The Morgan fingerprint density at radius 1 is 1.13 bits per heavy atom. The fraction of sp³-hybridized carbons (Fsp3) is 0.500. The Hall–Kier alpha value is -1.11. The predicted octanol–water partition coefficient (Wildman–Crippen LogP) is 4.09. The average molecular weight is 204 g/mol. The fourth-order valence-corrected chi connectivity index (χ4v) is 1.80. The van der Waals surface area contributed by atoms with Gasteiger partial charge in [0.15, 0.2) is 5.78 Å². The molecule has 0 aromatic heterocycles. The quantitative estimate of drug-likeness (QED) is 0.638. The Morgan fingerprint density at radius 3 is 2.27 bits per heavy atom. The Kier molecular flexibility index (Phi) is 5.09. The minimum Gasteiger partial charge on any atom is -0.294 e. The number of hydrogen-bond donors (Lipinski definition) is 0. The molecule has 0 bridgehead atoms. The second-order valence-electron chi connectivity index (χ2n) is 4.01. The third-order valence-corrected chi connectivity index (χ3v) is 3.03. The van der Waals surface area contributed by atoms with Gasteiger partial charge in [0.05, 0.1) is 0 Å². The lowest BCUT2D eigenvalue weighted by atomic mass is 9.95. The van der Waals surface area contributed by atoms with Gasteiger partial charge in [0.2, 0.25) is 0 Å². The van der Waals surface area contributed by atoms with Crippen molar-refractivity contribution in [3.8, 4) is 0 Å². The van der Waals surface area contributed by atoms with Gasteiger partial charge in [-0.1, -0.05) is 57.0 Å². The first kappa shape index (κ1) is 12.0. The molecule has 1 rings (SSSR count). The zero-order valence-electron chi connectivity index (χ0n) is 9.70. The summed E-state index contributed by atoms with van der Waals surface area (Å²) in [5, 5.41) is 0. The minimum atomic E-state index is 0.280. The van der Waals surface area contributed by atoms with Gasteiger partial charge in [-0.3, -0.25) is 4.79 Å². The number of carbonyl (C=O) groups is 1. The summed E-state index contributed by atoms with van der Waals surface area (Å²) >= 11 is 0. The highest BCUT2D eigenvalue weighted by Crippen LogP contribution is 2.16. The number of hydrogen-bond acceptors (Lipinski definition) is 1. The number of ketones is 1.